The molecular formula is C15H18N2O2. The topological polar surface area (TPSA) is 54.6 Å². The van der Waals surface area contributed by atoms with Crippen molar-refractivity contribution in [3.05, 3.63) is 40.2 Å². The van der Waals surface area contributed by atoms with Crippen molar-refractivity contribution in [3.8, 4) is 5.75 Å². The minimum atomic E-state index is -0.226. The third-order valence-electron chi connectivity index (χ3n) is 3.17. The molecule has 19 heavy (non-hydrogen) atoms. The minimum absolute atomic E-state index is 0.0129. The Morgan fingerprint density at radius 2 is 2.11 bits per heavy atom. The maximum atomic E-state index is 12.2. The number of aliphatic imine (C=N–C) groups is 1. The summed E-state index contributed by atoms with van der Waals surface area (Å²) in [4.78, 5) is 16.4. The summed E-state index contributed by atoms with van der Waals surface area (Å²) in [5.41, 5.74) is 0.754. The molecule has 0 spiro atoms. The summed E-state index contributed by atoms with van der Waals surface area (Å²) in [6.45, 7) is 2.76. The third kappa shape index (κ3) is 2.52. The van der Waals surface area contributed by atoms with Gasteiger partial charge in [0.25, 0.3) is 5.56 Å². The number of unbranched alkanes of at least 4 members (excludes halogenated alkanes) is 1. The lowest BCUT2D eigenvalue weighted by atomic mass is 10.1. The second kappa shape index (κ2) is 5.69. The van der Waals surface area contributed by atoms with Gasteiger partial charge in [0.1, 0.15) is 11.3 Å². The lowest BCUT2D eigenvalue weighted by Crippen LogP contribution is -2.21. The van der Waals surface area contributed by atoms with Crippen LogP contribution in [0.3, 0.4) is 0 Å². The summed E-state index contributed by atoms with van der Waals surface area (Å²) < 4.78 is 1.54. The van der Waals surface area contributed by atoms with Crippen LogP contribution in [-0.4, -0.2) is 22.4 Å². The van der Waals surface area contributed by atoms with E-state index in [0.717, 1.165) is 18.4 Å². The van der Waals surface area contributed by atoms with Crippen LogP contribution in [0, 0.1) is 0 Å². The minimum Gasteiger partial charge on any atom is -0.506 e. The summed E-state index contributed by atoms with van der Waals surface area (Å²) in [5, 5.41) is 10.9. The lowest BCUT2D eigenvalue weighted by Gasteiger charge is -2.08. The number of aromatic nitrogens is 1. The number of benzene rings is 1. The highest BCUT2D eigenvalue weighted by Gasteiger charge is 2.12. The first-order chi connectivity index (χ1) is 9.16. The smallest absolute Gasteiger partial charge is 0.263 e. The van der Waals surface area contributed by atoms with Gasteiger partial charge < -0.3 is 9.67 Å². The molecule has 0 saturated heterocycles. The predicted octanol–water partition coefficient (Wildman–Crippen LogP) is 2.46. The molecule has 1 aromatic heterocycles. The van der Waals surface area contributed by atoms with Crippen molar-refractivity contribution in [1.29, 1.82) is 0 Å². The molecule has 0 aliphatic carbocycles. The average Bonchev–Trinajstić information content (AvgIpc) is 2.44. The molecule has 0 saturated carbocycles. The van der Waals surface area contributed by atoms with Crippen LogP contribution in [0.4, 0.5) is 0 Å². The molecule has 0 radical (unpaired) electrons. The molecule has 0 bridgehead atoms. The maximum absolute atomic E-state index is 12.2. The van der Waals surface area contributed by atoms with E-state index in [0.29, 0.717) is 11.9 Å². The van der Waals surface area contributed by atoms with E-state index in [9.17, 15) is 9.90 Å². The molecule has 0 atom stereocenters. The molecule has 2 rings (SSSR count). The average molecular weight is 258 g/mol. The van der Waals surface area contributed by atoms with Gasteiger partial charge in [-0.2, -0.15) is 0 Å². The summed E-state index contributed by atoms with van der Waals surface area (Å²) >= 11 is 0. The Morgan fingerprint density at radius 1 is 1.37 bits per heavy atom. The van der Waals surface area contributed by atoms with Crippen molar-refractivity contribution < 1.29 is 5.11 Å². The zero-order chi connectivity index (χ0) is 13.8. The quantitative estimate of drug-likeness (QED) is 0.676. The van der Waals surface area contributed by atoms with Crippen LogP contribution >= 0.6 is 0 Å². The van der Waals surface area contributed by atoms with Gasteiger partial charge in [0.2, 0.25) is 0 Å². The number of hydrogen-bond donors (Lipinski definition) is 1. The van der Waals surface area contributed by atoms with E-state index in [4.69, 9.17) is 0 Å². The molecule has 0 aliphatic heterocycles. The number of aromatic hydroxyl groups is 1. The van der Waals surface area contributed by atoms with Gasteiger partial charge in [-0.3, -0.25) is 9.79 Å². The van der Waals surface area contributed by atoms with E-state index >= 15 is 0 Å². The SMILES string of the molecule is CCCCN=Cc1c(O)c2ccccc2n(C)c1=O. The zero-order valence-corrected chi connectivity index (χ0v) is 11.3. The molecule has 2 aromatic rings. The highest BCUT2D eigenvalue weighted by Crippen LogP contribution is 2.24. The maximum Gasteiger partial charge on any atom is 0.263 e. The van der Waals surface area contributed by atoms with Crippen molar-refractivity contribution in [2.75, 3.05) is 6.54 Å². The molecule has 0 fully saturated rings. The van der Waals surface area contributed by atoms with Crippen LogP contribution < -0.4 is 5.56 Å². The number of rotatable bonds is 4. The van der Waals surface area contributed by atoms with Crippen molar-refractivity contribution in [3.63, 3.8) is 0 Å². The predicted molar refractivity (Wildman–Crippen MR) is 78.2 cm³/mol. The summed E-state index contributed by atoms with van der Waals surface area (Å²) in [6, 6.07) is 7.29. The van der Waals surface area contributed by atoms with Crippen LogP contribution in [0.15, 0.2) is 34.1 Å². The fraction of sp³-hybridized carbons (Fsp3) is 0.333. The number of pyridine rings is 1. The largest absolute Gasteiger partial charge is 0.506 e. The first-order valence-corrected chi connectivity index (χ1v) is 6.47. The molecule has 1 aromatic carbocycles. The van der Waals surface area contributed by atoms with Gasteiger partial charge in [-0.15, -0.1) is 0 Å². The van der Waals surface area contributed by atoms with Gasteiger partial charge in [0, 0.05) is 25.2 Å². The van der Waals surface area contributed by atoms with Crippen molar-refractivity contribution >= 4 is 17.1 Å². The van der Waals surface area contributed by atoms with Crippen molar-refractivity contribution in [2.45, 2.75) is 19.8 Å². The number of nitrogens with zero attached hydrogens (tertiary/aromatic N) is 2. The Morgan fingerprint density at radius 3 is 2.84 bits per heavy atom. The Balaban J connectivity index is 2.56. The molecule has 0 amide bonds. The second-order valence-corrected chi connectivity index (χ2v) is 4.53. The summed E-state index contributed by atoms with van der Waals surface area (Å²) in [7, 11) is 1.70. The van der Waals surface area contributed by atoms with E-state index in [2.05, 4.69) is 11.9 Å². The fourth-order valence-corrected chi connectivity index (χ4v) is 2.02. The molecule has 0 aliphatic rings. The number of para-hydroxylation sites is 1. The Hall–Kier alpha value is -2.10. The summed E-state index contributed by atoms with van der Waals surface area (Å²) in [6.07, 6.45) is 3.52. The Bertz CT molecular complexity index is 672. The standard InChI is InChI=1S/C15H18N2O2/c1-3-4-9-16-10-12-14(18)11-7-5-6-8-13(11)17(2)15(12)19/h5-8,10,18H,3-4,9H2,1-2H3. The molecule has 100 valence electrons. The highest BCUT2D eigenvalue weighted by atomic mass is 16.3. The van der Waals surface area contributed by atoms with Gasteiger partial charge >= 0.3 is 0 Å². The summed E-state index contributed by atoms with van der Waals surface area (Å²) in [5.74, 6) is 0.0129. The lowest BCUT2D eigenvalue weighted by molar-refractivity contribution is 0.478. The van der Waals surface area contributed by atoms with E-state index in [-0.39, 0.29) is 16.9 Å². The van der Waals surface area contributed by atoms with E-state index in [1.54, 1.807) is 13.1 Å². The van der Waals surface area contributed by atoms with Gasteiger partial charge in [-0.25, -0.2) is 0 Å². The van der Waals surface area contributed by atoms with Gasteiger partial charge in [0.15, 0.2) is 0 Å². The monoisotopic (exact) mass is 258 g/mol. The van der Waals surface area contributed by atoms with Crippen LogP contribution in [-0.2, 0) is 7.05 Å². The number of aryl methyl sites for hydroxylation is 1. The van der Waals surface area contributed by atoms with Crippen molar-refractivity contribution in [1.82, 2.24) is 4.57 Å². The van der Waals surface area contributed by atoms with E-state index in [1.807, 2.05) is 18.2 Å². The highest BCUT2D eigenvalue weighted by molar-refractivity contribution is 5.94. The van der Waals surface area contributed by atoms with Crippen LogP contribution in [0.2, 0.25) is 0 Å². The Labute approximate surface area is 112 Å². The number of hydrogen-bond acceptors (Lipinski definition) is 3. The second-order valence-electron chi connectivity index (χ2n) is 4.53. The zero-order valence-electron chi connectivity index (χ0n) is 11.3. The molecule has 1 heterocycles. The van der Waals surface area contributed by atoms with Crippen LogP contribution in [0.25, 0.3) is 10.9 Å². The molecule has 4 nitrogen and oxygen atoms in total. The molecule has 4 heteroatoms. The van der Waals surface area contributed by atoms with Crippen molar-refractivity contribution in [2.24, 2.45) is 12.0 Å². The molecular weight excluding hydrogens is 240 g/mol. The van der Waals surface area contributed by atoms with Gasteiger partial charge in [0.05, 0.1) is 5.52 Å². The fourth-order valence-electron chi connectivity index (χ4n) is 2.02. The Kier molecular flexibility index (Phi) is 4.00. The first kappa shape index (κ1) is 13.3. The third-order valence-corrected chi connectivity index (χ3v) is 3.17. The van der Waals surface area contributed by atoms with Gasteiger partial charge in [-0.05, 0) is 18.6 Å². The first-order valence-electron chi connectivity index (χ1n) is 6.47. The molecule has 1 N–H and O–H groups in total. The van der Waals surface area contributed by atoms with Gasteiger partial charge in [-0.1, -0.05) is 25.5 Å². The van der Waals surface area contributed by atoms with E-state index < -0.39 is 0 Å². The normalized spacial score (nSPS) is 11.5. The molecule has 0 unspecified atom stereocenters. The number of fused-ring (bicyclic) bond motifs is 1. The van der Waals surface area contributed by atoms with Crippen LogP contribution in [0.1, 0.15) is 25.3 Å². The van der Waals surface area contributed by atoms with E-state index in [1.165, 1.54) is 10.8 Å². The van der Waals surface area contributed by atoms with Crippen LogP contribution in [0.5, 0.6) is 5.75 Å².